The third-order valence-corrected chi connectivity index (χ3v) is 3.47. The molecule has 0 saturated carbocycles. The highest BCUT2D eigenvalue weighted by molar-refractivity contribution is 5.92. The minimum atomic E-state index is -0.651. The molecule has 3 aromatic rings. The lowest BCUT2D eigenvalue weighted by atomic mass is 10.1. The summed E-state index contributed by atoms with van der Waals surface area (Å²) < 4.78 is 1.72. The number of hydroxylamine groups is 1. The number of benzene rings is 2. The zero-order chi connectivity index (χ0) is 16.2. The Morgan fingerprint density at radius 3 is 2.61 bits per heavy atom. The van der Waals surface area contributed by atoms with E-state index in [9.17, 15) is 4.79 Å². The van der Waals surface area contributed by atoms with Crippen LogP contribution in [-0.2, 0) is 6.54 Å². The highest BCUT2D eigenvalue weighted by atomic mass is 16.5. The topological polar surface area (TPSA) is 93.2 Å². The molecule has 6 nitrogen and oxygen atoms in total. The number of carbonyl (C=O) groups is 1. The lowest BCUT2D eigenvalue weighted by molar-refractivity contribution is 0.0700. The van der Waals surface area contributed by atoms with E-state index in [-0.39, 0.29) is 5.69 Å². The van der Waals surface area contributed by atoms with Gasteiger partial charge in [0.25, 0.3) is 5.91 Å². The maximum atomic E-state index is 11.7. The van der Waals surface area contributed by atoms with Gasteiger partial charge in [-0.2, -0.15) is 5.10 Å². The lowest BCUT2D eigenvalue weighted by Crippen LogP contribution is -2.19. The predicted molar refractivity (Wildman–Crippen MR) is 86.9 cm³/mol. The van der Waals surface area contributed by atoms with Crippen molar-refractivity contribution in [2.45, 2.75) is 6.54 Å². The summed E-state index contributed by atoms with van der Waals surface area (Å²) in [6.07, 6.45) is 0. The second kappa shape index (κ2) is 6.33. The van der Waals surface area contributed by atoms with Gasteiger partial charge < -0.3 is 5.73 Å². The summed E-state index contributed by atoms with van der Waals surface area (Å²) in [4.78, 5) is 11.7. The van der Waals surface area contributed by atoms with Gasteiger partial charge in [-0.15, -0.1) is 0 Å². The second-order valence-electron chi connectivity index (χ2n) is 5.12. The molecule has 23 heavy (non-hydrogen) atoms. The van der Waals surface area contributed by atoms with Gasteiger partial charge in [-0.3, -0.25) is 14.7 Å². The number of anilines is 1. The maximum Gasteiger partial charge on any atom is 0.295 e. The summed E-state index contributed by atoms with van der Waals surface area (Å²) >= 11 is 0. The number of hydrogen-bond donors (Lipinski definition) is 3. The van der Waals surface area contributed by atoms with Gasteiger partial charge in [0.2, 0.25) is 0 Å². The van der Waals surface area contributed by atoms with Gasteiger partial charge in [-0.1, -0.05) is 42.5 Å². The molecule has 0 radical (unpaired) electrons. The van der Waals surface area contributed by atoms with Crippen molar-refractivity contribution in [3.05, 3.63) is 71.9 Å². The molecular weight excluding hydrogens is 292 g/mol. The fraction of sp³-hybridized carbons (Fsp3) is 0.0588. The van der Waals surface area contributed by atoms with Crippen LogP contribution in [0.25, 0.3) is 11.3 Å². The number of nitrogens with one attached hydrogen (secondary N) is 1. The molecule has 3 rings (SSSR count). The molecule has 0 aliphatic heterocycles. The van der Waals surface area contributed by atoms with Crippen LogP contribution in [0.1, 0.15) is 16.1 Å². The predicted octanol–water partition coefficient (Wildman–Crippen LogP) is 2.30. The van der Waals surface area contributed by atoms with Crippen LogP contribution in [0.5, 0.6) is 0 Å². The summed E-state index contributed by atoms with van der Waals surface area (Å²) in [6.45, 7) is 0.504. The molecule has 1 aromatic heterocycles. The summed E-state index contributed by atoms with van der Waals surface area (Å²) in [7, 11) is 0. The lowest BCUT2D eigenvalue weighted by Gasteiger charge is -2.08. The third kappa shape index (κ3) is 3.22. The van der Waals surface area contributed by atoms with Gasteiger partial charge >= 0.3 is 0 Å². The molecule has 0 saturated heterocycles. The molecule has 0 fully saturated rings. The standard InChI is InChI=1S/C17H16N4O2/c18-14-8-4-7-13(9-14)16-10-15(17(22)20-23)19-21(16)11-12-5-2-1-3-6-12/h1-10,23H,11,18H2,(H,20,22). The van der Waals surface area contributed by atoms with Gasteiger partial charge in [-0.05, 0) is 23.8 Å². The minimum Gasteiger partial charge on any atom is -0.399 e. The number of aromatic nitrogens is 2. The quantitative estimate of drug-likeness (QED) is 0.392. The smallest absolute Gasteiger partial charge is 0.295 e. The summed E-state index contributed by atoms with van der Waals surface area (Å²) in [5.41, 5.74) is 10.9. The zero-order valence-corrected chi connectivity index (χ0v) is 12.3. The SMILES string of the molecule is Nc1cccc(-c2cc(C(=O)NO)nn2Cc2ccccc2)c1. The van der Waals surface area contributed by atoms with Gasteiger partial charge in [0.15, 0.2) is 5.69 Å². The third-order valence-electron chi connectivity index (χ3n) is 3.47. The number of amides is 1. The van der Waals surface area contributed by atoms with E-state index in [1.165, 1.54) is 0 Å². The van der Waals surface area contributed by atoms with Crippen molar-refractivity contribution >= 4 is 11.6 Å². The molecule has 0 atom stereocenters. The molecule has 0 aliphatic rings. The molecular formula is C17H16N4O2. The normalized spacial score (nSPS) is 10.5. The number of hydrogen-bond acceptors (Lipinski definition) is 4. The number of rotatable bonds is 4. The molecule has 6 heteroatoms. The van der Waals surface area contributed by atoms with E-state index in [2.05, 4.69) is 5.10 Å². The van der Waals surface area contributed by atoms with Crippen molar-refractivity contribution in [2.75, 3.05) is 5.73 Å². The molecule has 1 amide bonds. The Kier molecular flexibility index (Phi) is 4.07. The molecule has 4 N–H and O–H groups in total. The number of nitrogen functional groups attached to an aromatic ring is 1. The highest BCUT2D eigenvalue weighted by Gasteiger charge is 2.15. The summed E-state index contributed by atoms with van der Waals surface area (Å²) in [6, 6.07) is 18.8. The van der Waals surface area contributed by atoms with Crippen molar-refractivity contribution in [3.8, 4) is 11.3 Å². The number of carbonyl (C=O) groups excluding carboxylic acids is 1. The Hall–Kier alpha value is -3.12. The van der Waals surface area contributed by atoms with E-state index < -0.39 is 5.91 Å². The van der Waals surface area contributed by atoms with Crippen molar-refractivity contribution in [1.29, 1.82) is 0 Å². The van der Waals surface area contributed by atoms with Crippen LogP contribution in [-0.4, -0.2) is 20.9 Å². The Balaban J connectivity index is 2.05. The molecule has 0 aliphatic carbocycles. The highest BCUT2D eigenvalue weighted by Crippen LogP contribution is 2.23. The fourth-order valence-electron chi connectivity index (χ4n) is 2.39. The average molecular weight is 308 g/mol. The van der Waals surface area contributed by atoms with E-state index in [4.69, 9.17) is 10.9 Å². The van der Waals surface area contributed by atoms with Crippen molar-refractivity contribution in [2.24, 2.45) is 0 Å². The van der Waals surface area contributed by atoms with Crippen molar-refractivity contribution < 1.29 is 10.0 Å². The molecule has 1 heterocycles. The molecule has 0 unspecified atom stereocenters. The Morgan fingerprint density at radius 2 is 1.91 bits per heavy atom. The van der Waals surface area contributed by atoms with Gasteiger partial charge in [0.1, 0.15) is 0 Å². The first kappa shape index (κ1) is 14.8. The van der Waals surface area contributed by atoms with E-state index in [0.29, 0.717) is 12.2 Å². The fourth-order valence-corrected chi connectivity index (χ4v) is 2.39. The van der Waals surface area contributed by atoms with Crippen LogP contribution < -0.4 is 11.2 Å². The van der Waals surface area contributed by atoms with Gasteiger partial charge in [-0.25, -0.2) is 5.48 Å². The molecule has 0 spiro atoms. The Morgan fingerprint density at radius 1 is 1.13 bits per heavy atom. The monoisotopic (exact) mass is 308 g/mol. The number of nitrogens with zero attached hydrogens (tertiary/aromatic N) is 2. The first-order valence-electron chi connectivity index (χ1n) is 7.09. The zero-order valence-electron chi connectivity index (χ0n) is 12.3. The van der Waals surface area contributed by atoms with Crippen LogP contribution in [0.4, 0.5) is 5.69 Å². The van der Waals surface area contributed by atoms with Crippen molar-refractivity contribution in [3.63, 3.8) is 0 Å². The van der Waals surface area contributed by atoms with Crippen LogP contribution in [0, 0.1) is 0 Å². The Labute approximate surface area is 133 Å². The van der Waals surface area contributed by atoms with Gasteiger partial charge in [0, 0.05) is 11.3 Å². The van der Waals surface area contributed by atoms with E-state index in [1.807, 2.05) is 48.5 Å². The molecule has 116 valence electrons. The van der Waals surface area contributed by atoms with Crippen molar-refractivity contribution in [1.82, 2.24) is 15.3 Å². The molecule has 0 bridgehead atoms. The van der Waals surface area contributed by atoms with E-state index in [0.717, 1.165) is 16.8 Å². The van der Waals surface area contributed by atoms with Crippen LogP contribution in [0.2, 0.25) is 0 Å². The van der Waals surface area contributed by atoms with Crippen LogP contribution in [0.3, 0.4) is 0 Å². The first-order valence-corrected chi connectivity index (χ1v) is 7.09. The first-order chi connectivity index (χ1) is 11.2. The summed E-state index contributed by atoms with van der Waals surface area (Å²) in [5.74, 6) is -0.651. The van der Waals surface area contributed by atoms with Gasteiger partial charge in [0.05, 0.1) is 12.2 Å². The van der Waals surface area contributed by atoms with Crippen LogP contribution >= 0.6 is 0 Å². The van der Waals surface area contributed by atoms with E-state index >= 15 is 0 Å². The minimum absolute atomic E-state index is 0.140. The maximum absolute atomic E-state index is 11.7. The Bertz CT molecular complexity index is 828. The number of nitrogens with two attached hydrogens (primary N) is 1. The van der Waals surface area contributed by atoms with Crippen LogP contribution in [0.15, 0.2) is 60.7 Å². The second-order valence-corrected chi connectivity index (χ2v) is 5.12. The average Bonchev–Trinajstić information content (AvgIpc) is 2.99. The molecule has 2 aromatic carbocycles. The van der Waals surface area contributed by atoms with E-state index in [1.54, 1.807) is 22.3 Å². The largest absolute Gasteiger partial charge is 0.399 e. The summed E-state index contributed by atoms with van der Waals surface area (Å²) in [5, 5.41) is 13.1.